The molecule has 0 bridgehead atoms. The van der Waals surface area contributed by atoms with E-state index in [1.165, 1.54) is 0 Å². The van der Waals surface area contributed by atoms with Crippen LogP contribution in [0.4, 0.5) is 0 Å². The van der Waals surface area contributed by atoms with Crippen molar-refractivity contribution < 1.29 is 0 Å². The van der Waals surface area contributed by atoms with Gasteiger partial charge in [0.05, 0.1) is 10.6 Å². The molecule has 0 aliphatic carbocycles. The van der Waals surface area contributed by atoms with Crippen molar-refractivity contribution in [2.75, 3.05) is 5.75 Å². The van der Waals surface area contributed by atoms with Crippen LogP contribution in [0.2, 0.25) is 5.02 Å². The van der Waals surface area contributed by atoms with Crippen LogP contribution in [0.3, 0.4) is 0 Å². The van der Waals surface area contributed by atoms with Gasteiger partial charge in [0.2, 0.25) is 0 Å². The lowest BCUT2D eigenvalue weighted by molar-refractivity contribution is 1.29. The van der Waals surface area contributed by atoms with E-state index in [2.05, 4.69) is 29.5 Å². The minimum absolute atomic E-state index is 0.650. The molecule has 0 fully saturated rings. The third-order valence-electron chi connectivity index (χ3n) is 1.23. The van der Waals surface area contributed by atoms with Gasteiger partial charge in [-0.3, -0.25) is 4.98 Å². The first-order chi connectivity index (χ1) is 5.84. The summed E-state index contributed by atoms with van der Waals surface area (Å²) in [6, 6.07) is 1.73. The third kappa shape index (κ3) is 2.77. The number of rotatable bonds is 1. The summed E-state index contributed by atoms with van der Waals surface area (Å²) in [5.41, 5.74) is 0.779. The van der Waals surface area contributed by atoms with Crippen molar-refractivity contribution in [2.45, 2.75) is 6.42 Å². The molecule has 1 aromatic heterocycles. The van der Waals surface area contributed by atoms with Crippen molar-refractivity contribution >= 4 is 24.2 Å². The number of hydrogen-bond acceptors (Lipinski definition) is 2. The molecule has 0 amide bonds. The molecule has 1 nitrogen and oxygen atoms in total. The smallest absolute Gasteiger partial charge is 0.0615 e. The molecule has 0 saturated carbocycles. The predicted molar refractivity (Wildman–Crippen MR) is 54.6 cm³/mol. The average Bonchev–Trinajstić information content (AvgIpc) is 2.09. The molecule has 0 saturated heterocycles. The summed E-state index contributed by atoms with van der Waals surface area (Å²) < 4.78 is 0. The minimum atomic E-state index is 0.650. The maximum Gasteiger partial charge on any atom is 0.0615 e. The zero-order chi connectivity index (χ0) is 8.81. The van der Waals surface area contributed by atoms with Gasteiger partial charge in [-0.2, -0.15) is 12.6 Å². The van der Waals surface area contributed by atoms with Crippen LogP contribution in [0.25, 0.3) is 0 Å². The van der Waals surface area contributed by atoms with E-state index in [1.54, 1.807) is 18.5 Å². The van der Waals surface area contributed by atoms with E-state index in [0.717, 1.165) is 17.7 Å². The average molecular weight is 198 g/mol. The first kappa shape index (κ1) is 9.44. The van der Waals surface area contributed by atoms with Gasteiger partial charge in [0.25, 0.3) is 0 Å². The Morgan fingerprint density at radius 3 is 3.08 bits per heavy atom. The van der Waals surface area contributed by atoms with Crippen LogP contribution >= 0.6 is 24.2 Å². The van der Waals surface area contributed by atoms with E-state index in [9.17, 15) is 0 Å². The molecule has 3 heteroatoms. The number of aromatic nitrogens is 1. The van der Waals surface area contributed by atoms with Gasteiger partial charge in [0, 0.05) is 24.6 Å². The fourth-order valence-corrected chi connectivity index (χ4v) is 0.947. The number of nitrogens with zero attached hydrogens (tertiary/aromatic N) is 1. The number of hydrogen-bond donors (Lipinski definition) is 1. The molecular formula is C9H8ClNS. The highest BCUT2D eigenvalue weighted by Gasteiger charge is 1.92. The minimum Gasteiger partial charge on any atom is -0.263 e. The van der Waals surface area contributed by atoms with Crippen LogP contribution in [0.1, 0.15) is 12.0 Å². The van der Waals surface area contributed by atoms with Gasteiger partial charge in [0.15, 0.2) is 0 Å². The van der Waals surface area contributed by atoms with Crippen LogP contribution in [-0.2, 0) is 0 Å². The van der Waals surface area contributed by atoms with Gasteiger partial charge in [-0.05, 0) is 6.07 Å². The Bertz CT molecular complexity index is 314. The molecule has 0 atom stereocenters. The quantitative estimate of drug-likeness (QED) is 0.539. The van der Waals surface area contributed by atoms with E-state index in [1.807, 2.05) is 0 Å². The number of pyridine rings is 1. The zero-order valence-corrected chi connectivity index (χ0v) is 8.07. The second kappa shape index (κ2) is 5.08. The standard InChI is InChI=1S/C9H8ClNS/c10-9-4-5-11-7-8(9)3-1-2-6-12/h4-5,7,12H,2,6H2. The van der Waals surface area contributed by atoms with E-state index in [4.69, 9.17) is 11.6 Å². The second-order valence-corrected chi connectivity index (χ2v) is 2.99. The summed E-state index contributed by atoms with van der Waals surface area (Å²) in [5.74, 6) is 6.63. The van der Waals surface area contributed by atoms with Crippen LogP contribution in [0.5, 0.6) is 0 Å². The SMILES string of the molecule is SCCC#Cc1cnccc1Cl. The molecule has 0 aromatic carbocycles. The van der Waals surface area contributed by atoms with Crippen molar-refractivity contribution in [3.05, 3.63) is 29.0 Å². The lowest BCUT2D eigenvalue weighted by atomic mass is 10.3. The first-order valence-corrected chi connectivity index (χ1v) is 4.55. The normalized spacial score (nSPS) is 8.83. The Balaban J connectivity index is 2.77. The molecule has 1 aromatic rings. The van der Waals surface area contributed by atoms with Crippen LogP contribution in [0.15, 0.2) is 18.5 Å². The van der Waals surface area contributed by atoms with Gasteiger partial charge >= 0.3 is 0 Å². The Morgan fingerprint density at radius 2 is 2.42 bits per heavy atom. The molecular weight excluding hydrogens is 190 g/mol. The van der Waals surface area contributed by atoms with Gasteiger partial charge in [-0.15, -0.1) is 0 Å². The van der Waals surface area contributed by atoms with Crippen molar-refractivity contribution in [3.8, 4) is 11.8 Å². The van der Waals surface area contributed by atoms with Crippen LogP contribution in [0, 0.1) is 11.8 Å². The fraction of sp³-hybridized carbons (Fsp3) is 0.222. The molecule has 0 radical (unpaired) electrons. The Hall–Kier alpha value is -0.650. The monoisotopic (exact) mass is 197 g/mol. The molecule has 1 heterocycles. The van der Waals surface area contributed by atoms with Crippen molar-refractivity contribution in [3.63, 3.8) is 0 Å². The van der Waals surface area contributed by atoms with Gasteiger partial charge in [-0.25, -0.2) is 0 Å². The van der Waals surface area contributed by atoms with E-state index in [-0.39, 0.29) is 0 Å². The van der Waals surface area contributed by atoms with Gasteiger partial charge in [0.1, 0.15) is 0 Å². The summed E-state index contributed by atoms with van der Waals surface area (Å²) in [6.45, 7) is 0. The van der Waals surface area contributed by atoms with Gasteiger partial charge < -0.3 is 0 Å². The fourth-order valence-electron chi connectivity index (χ4n) is 0.683. The molecule has 12 heavy (non-hydrogen) atoms. The Labute approximate surface area is 82.6 Å². The molecule has 1 rings (SSSR count). The number of halogens is 1. The summed E-state index contributed by atoms with van der Waals surface area (Å²) in [4.78, 5) is 3.92. The second-order valence-electron chi connectivity index (χ2n) is 2.13. The van der Waals surface area contributed by atoms with Crippen molar-refractivity contribution in [1.29, 1.82) is 0 Å². The zero-order valence-electron chi connectivity index (χ0n) is 6.42. The summed E-state index contributed by atoms with van der Waals surface area (Å²) in [6.07, 6.45) is 4.08. The largest absolute Gasteiger partial charge is 0.263 e. The summed E-state index contributed by atoms with van der Waals surface area (Å²) >= 11 is 9.88. The van der Waals surface area contributed by atoms with E-state index >= 15 is 0 Å². The highest BCUT2D eigenvalue weighted by Crippen LogP contribution is 2.11. The summed E-state index contributed by atoms with van der Waals surface area (Å²) in [5, 5.41) is 0.650. The molecule has 0 unspecified atom stereocenters. The molecule has 0 N–H and O–H groups in total. The van der Waals surface area contributed by atoms with E-state index in [0.29, 0.717) is 5.02 Å². The lowest BCUT2D eigenvalue weighted by Crippen LogP contribution is -1.78. The van der Waals surface area contributed by atoms with Crippen LogP contribution in [-0.4, -0.2) is 10.7 Å². The van der Waals surface area contributed by atoms with Crippen molar-refractivity contribution in [2.24, 2.45) is 0 Å². The topological polar surface area (TPSA) is 12.9 Å². The lowest BCUT2D eigenvalue weighted by Gasteiger charge is -1.91. The molecule has 62 valence electrons. The predicted octanol–water partition coefficient (Wildman–Crippen LogP) is 2.41. The molecule has 0 aliphatic rings. The first-order valence-electron chi connectivity index (χ1n) is 3.54. The number of thiol groups is 1. The maximum absolute atomic E-state index is 5.84. The Kier molecular flexibility index (Phi) is 3.99. The van der Waals surface area contributed by atoms with Crippen molar-refractivity contribution in [1.82, 2.24) is 4.98 Å². The van der Waals surface area contributed by atoms with E-state index < -0.39 is 0 Å². The maximum atomic E-state index is 5.84. The highest BCUT2D eigenvalue weighted by atomic mass is 35.5. The molecule has 0 aliphatic heterocycles. The third-order valence-corrected chi connectivity index (χ3v) is 1.78. The Morgan fingerprint density at radius 1 is 1.58 bits per heavy atom. The van der Waals surface area contributed by atoms with Crippen LogP contribution < -0.4 is 0 Å². The highest BCUT2D eigenvalue weighted by molar-refractivity contribution is 7.80. The van der Waals surface area contributed by atoms with Gasteiger partial charge in [-0.1, -0.05) is 23.4 Å². The summed E-state index contributed by atoms with van der Waals surface area (Å²) in [7, 11) is 0. The molecule has 0 spiro atoms.